The Morgan fingerprint density at radius 3 is 2.27 bits per heavy atom. The highest BCUT2D eigenvalue weighted by Crippen LogP contribution is 2.40. The van der Waals surface area contributed by atoms with Crippen molar-refractivity contribution in [1.29, 1.82) is 0 Å². The number of ether oxygens (including phenoxy) is 1. The minimum atomic E-state index is -1.58. The molecular formula is C17H13Cl4N3O2. The van der Waals surface area contributed by atoms with Gasteiger partial charge in [0.25, 0.3) is 0 Å². The Kier molecular flexibility index (Phi) is 5.65. The van der Waals surface area contributed by atoms with Gasteiger partial charge in [0.15, 0.2) is 0 Å². The molecule has 0 saturated heterocycles. The number of halogens is 4. The fourth-order valence-corrected chi connectivity index (χ4v) is 3.54. The minimum absolute atomic E-state index is 0.290. The van der Waals surface area contributed by atoms with Crippen LogP contribution in [0.5, 0.6) is 5.75 Å². The van der Waals surface area contributed by atoms with E-state index >= 15 is 0 Å². The highest BCUT2D eigenvalue weighted by Gasteiger charge is 2.40. The van der Waals surface area contributed by atoms with Crippen LogP contribution in [0, 0.1) is 0 Å². The molecule has 26 heavy (non-hydrogen) atoms. The summed E-state index contributed by atoms with van der Waals surface area (Å²) in [6.45, 7) is 1.55. The number of hydrogen-bond donors (Lipinski definition) is 1. The third-order valence-electron chi connectivity index (χ3n) is 3.77. The van der Waals surface area contributed by atoms with Gasteiger partial charge in [-0.25, -0.2) is 9.67 Å². The predicted octanol–water partition coefficient (Wildman–Crippen LogP) is 5.38. The lowest BCUT2D eigenvalue weighted by Crippen LogP contribution is -2.38. The monoisotopic (exact) mass is 431 g/mol. The van der Waals surface area contributed by atoms with Crippen molar-refractivity contribution in [1.82, 2.24) is 14.8 Å². The minimum Gasteiger partial charge on any atom is -0.464 e. The maximum absolute atomic E-state index is 11.3. The molecule has 0 bridgehead atoms. The summed E-state index contributed by atoms with van der Waals surface area (Å²) in [7, 11) is 0. The molecule has 0 radical (unpaired) electrons. The third kappa shape index (κ3) is 3.92. The molecule has 0 amide bonds. The molecule has 2 unspecified atom stereocenters. The van der Waals surface area contributed by atoms with Crippen molar-refractivity contribution in [2.24, 2.45) is 0 Å². The summed E-state index contributed by atoms with van der Waals surface area (Å²) in [5, 5.41) is 16.9. The van der Waals surface area contributed by atoms with E-state index in [4.69, 9.17) is 51.1 Å². The van der Waals surface area contributed by atoms with Gasteiger partial charge in [0.05, 0.1) is 5.02 Å². The van der Waals surface area contributed by atoms with E-state index in [0.717, 1.165) is 0 Å². The maximum Gasteiger partial charge on any atom is 0.225 e. The number of rotatable bonds is 5. The largest absolute Gasteiger partial charge is 0.464 e. The Morgan fingerprint density at radius 1 is 1.04 bits per heavy atom. The van der Waals surface area contributed by atoms with E-state index in [1.807, 2.05) is 0 Å². The van der Waals surface area contributed by atoms with E-state index in [9.17, 15) is 5.11 Å². The lowest BCUT2D eigenvalue weighted by atomic mass is 9.94. The first-order valence-electron chi connectivity index (χ1n) is 7.43. The van der Waals surface area contributed by atoms with Gasteiger partial charge in [0, 0.05) is 20.6 Å². The van der Waals surface area contributed by atoms with Gasteiger partial charge in [-0.15, -0.1) is 0 Å². The van der Waals surface area contributed by atoms with Crippen molar-refractivity contribution in [3.63, 3.8) is 0 Å². The topological polar surface area (TPSA) is 60.2 Å². The fourth-order valence-electron chi connectivity index (χ4n) is 2.49. The molecule has 136 valence electrons. The number of aliphatic hydroxyl groups is 1. The van der Waals surface area contributed by atoms with Gasteiger partial charge in [-0.2, -0.15) is 5.10 Å². The number of nitrogens with zero attached hydrogens (tertiary/aromatic N) is 3. The molecular weight excluding hydrogens is 420 g/mol. The molecule has 1 aromatic heterocycles. The van der Waals surface area contributed by atoms with Crippen LogP contribution >= 0.6 is 46.4 Å². The first-order chi connectivity index (χ1) is 12.3. The highest BCUT2D eigenvalue weighted by atomic mass is 35.5. The summed E-state index contributed by atoms with van der Waals surface area (Å²) in [5.41, 5.74) is -1.17. The molecule has 5 nitrogen and oxygen atoms in total. The predicted molar refractivity (Wildman–Crippen MR) is 102 cm³/mol. The molecule has 2 atom stereocenters. The van der Waals surface area contributed by atoms with Crippen LogP contribution in [0.1, 0.15) is 18.7 Å². The average molecular weight is 433 g/mol. The SMILES string of the molecule is CC(O)(c1ccc(Cl)cc1Cl)C(Oc1ccc(Cl)cc1Cl)n1cncn1. The molecule has 0 spiro atoms. The molecule has 9 heteroatoms. The smallest absolute Gasteiger partial charge is 0.225 e. The van der Waals surface area contributed by atoms with Gasteiger partial charge in [0.2, 0.25) is 6.23 Å². The van der Waals surface area contributed by atoms with Crippen molar-refractivity contribution in [2.75, 3.05) is 0 Å². The van der Waals surface area contributed by atoms with Crippen LogP contribution < -0.4 is 4.74 Å². The van der Waals surface area contributed by atoms with Crippen molar-refractivity contribution in [3.05, 3.63) is 74.7 Å². The number of hydrogen-bond acceptors (Lipinski definition) is 4. The molecule has 0 aliphatic carbocycles. The summed E-state index contributed by atoms with van der Waals surface area (Å²) in [4.78, 5) is 3.92. The number of aromatic nitrogens is 3. The zero-order chi connectivity index (χ0) is 18.9. The molecule has 1 heterocycles. The fraction of sp³-hybridized carbons (Fsp3) is 0.176. The normalized spacial score (nSPS) is 14.7. The quantitative estimate of drug-likeness (QED) is 0.588. The second kappa shape index (κ2) is 7.62. The average Bonchev–Trinajstić information content (AvgIpc) is 3.07. The molecule has 2 aromatic carbocycles. The van der Waals surface area contributed by atoms with Gasteiger partial charge in [-0.1, -0.05) is 52.5 Å². The van der Waals surface area contributed by atoms with Crippen LogP contribution in [0.3, 0.4) is 0 Å². The van der Waals surface area contributed by atoms with Gasteiger partial charge in [0.1, 0.15) is 24.0 Å². The molecule has 0 saturated carbocycles. The zero-order valence-corrected chi connectivity index (χ0v) is 16.4. The Hall–Kier alpha value is -1.50. The van der Waals surface area contributed by atoms with Crippen LogP contribution in [-0.2, 0) is 5.60 Å². The van der Waals surface area contributed by atoms with E-state index in [-0.39, 0.29) is 0 Å². The summed E-state index contributed by atoms with van der Waals surface area (Å²) in [5.74, 6) is 0.321. The Labute approximate surface area is 170 Å². The lowest BCUT2D eigenvalue weighted by Gasteiger charge is -2.34. The van der Waals surface area contributed by atoms with Crippen molar-refractivity contribution in [2.45, 2.75) is 18.8 Å². The molecule has 0 aliphatic rings. The van der Waals surface area contributed by atoms with Gasteiger partial charge < -0.3 is 9.84 Å². The van der Waals surface area contributed by atoms with Crippen molar-refractivity contribution >= 4 is 46.4 Å². The van der Waals surface area contributed by atoms with Gasteiger partial charge >= 0.3 is 0 Å². The van der Waals surface area contributed by atoms with Gasteiger partial charge in [-0.3, -0.25) is 0 Å². The van der Waals surface area contributed by atoms with Crippen LogP contribution in [-0.4, -0.2) is 19.9 Å². The second-order valence-corrected chi connectivity index (χ2v) is 7.38. The Balaban J connectivity index is 2.06. The van der Waals surface area contributed by atoms with Crippen LogP contribution in [0.2, 0.25) is 20.1 Å². The Bertz CT molecular complexity index is 916. The number of benzene rings is 2. The third-order valence-corrected chi connectivity index (χ3v) is 4.84. The lowest BCUT2D eigenvalue weighted by molar-refractivity contribution is -0.0977. The first-order valence-corrected chi connectivity index (χ1v) is 8.94. The maximum atomic E-state index is 11.3. The van der Waals surface area contributed by atoms with Crippen LogP contribution in [0.15, 0.2) is 49.1 Å². The van der Waals surface area contributed by atoms with E-state index in [0.29, 0.717) is 31.4 Å². The Morgan fingerprint density at radius 2 is 1.69 bits per heavy atom. The zero-order valence-electron chi connectivity index (χ0n) is 13.4. The van der Waals surface area contributed by atoms with Crippen LogP contribution in [0.25, 0.3) is 0 Å². The van der Waals surface area contributed by atoms with E-state index in [1.165, 1.54) is 17.3 Å². The van der Waals surface area contributed by atoms with E-state index in [2.05, 4.69) is 10.1 Å². The second-order valence-electron chi connectivity index (χ2n) is 5.69. The molecule has 3 rings (SSSR count). The van der Waals surface area contributed by atoms with Crippen molar-refractivity contribution < 1.29 is 9.84 Å². The summed E-state index contributed by atoms with van der Waals surface area (Å²) in [6, 6.07) is 9.58. The van der Waals surface area contributed by atoms with Crippen molar-refractivity contribution in [3.8, 4) is 5.75 Å². The summed E-state index contributed by atoms with van der Waals surface area (Å²) < 4.78 is 7.35. The highest BCUT2D eigenvalue weighted by molar-refractivity contribution is 6.35. The molecule has 0 aliphatic heterocycles. The van der Waals surface area contributed by atoms with E-state index < -0.39 is 11.8 Å². The molecule has 1 N–H and O–H groups in total. The summed E-state index contributed by atoms with van der Waals surface area (Å²) >= 11 is 24.4. The van der Waals surface area contributed by atoms with Gasteiger partial charge in [-0.05, 0) is 37.3 Å². The molecule has 3 aromatic rings. The first kappa shape index (κ1) is 19.3. The standard InChI is InChI=1S/C17H13Cl4N3O2/c1-17(25,12-4-2-10(18)6-13(12)20)16(24-9-22-8-23-24)26-15-5-3-11(19)7-14(15)21/h2-9,16,25H,1H3. The molecule has 0 fully saturated rings. The van der Waals surface area contributed by atoms with E-state index in [1.54, 1.807) is 43.3 Å². The van der Waals surface area contributed by atoms with Crippen LogP contribution in [0.4, 0.5) is 0 Å². The summed E-state index contributed by atoms with van der Waals surface area (Å²) in [6.07, 6.45) is 1.74.